The quantitative estimate of drug-likeness (QED) is 0.0328. The van der Waals surface area contributed by atoms with E-state index in [0.29, 0.717) is 19.3 Å². The Morgan fingerprint density at radius 3 is 1.41 bits per heavy atom. The molecule has 292 valence electrons. The maximum absolute atomic E-state index is 12.8. The molecule has 0 aromatic rings. The molecular weight excluding hydrogens is 653 g/mol. The van der Waals surface area contributed by atoms with E-state index in [4.69, 9.17) is 9.05 Å². The number of hydrogen-bond acceptors (Lipinski definition) is 10. The third kappa shape index (κ3) is 20.8. The van der Waals surface area contributed by atoms with Gasteiger partial charge in [-0.15, -0.1) is 0 Å². The monoisotopic (exact) mass is 725 g/mol. The van der Waals surface area contributed by atoms with Crippen molar-refractivity contribution in [3.8, 4) is 0 Å². The summed E-state index contributed by atoms with van der Waals surface area (Å²) in [4.78, 5) is 23.1. The molecule has 1 amide bonds. The normalized spacial score (nSPS) is 25.2. The van der Waals surface area contributed by atoms with Gasteiger partial charge in [0.25, 0.3) is 0 Å². The first-order valence-electron chi connectivity index (χ1n) is 19.5. The van der Waals surface area contributed by atoms with Crippen LogP contribution in [-0.2, 0) is 18.4 Å². The minimum absolute atomic E-state index is 0.238. The van der Waals surface area contributed by atoms with Gasteiger partial charge >= 0.3 is 7.82 Å². The summed E-state index contributed by atoms with van der Waals surface area (Å²) in [5.74, 6) is -0.315. The SMILES string of the molecule is CCCCCCCCCCCCCCCCC[C@@H](O)[C@H](COP(=O)(O)OC1C(O)C(O)C(O)[C@@H](O)C1O)NC(=O)CCCCCCCCC. The fourth-order valence-corrected chi connectivity index (χ4v) is 7.34. The van der Waals surface area contributed by atoms with Crippen LogP contribution < -0.4 is 5.32 Å². The number of aliphatic hydroxyl groups excluding tert-OH is 6. The number of hydrogen-bond donors (Lipinski definition) is 8. The van der Waals surface area contributed by atoms with E-state index in [0.717, 1.165) is 44.9 Å². The van der Waals surface area contributed by atoms with Crippen LogP contribution in [0.2, 0.25) is 0 Å². The number of carbonyl (C=O) groups excluding carboxylic acids is 1. The number of carbonyl (C=O) groups is 1. The summed E-state index contributed by atoms with van der Waals surface area (Å²) in [6, 6.07) is -1.02. The number of phosphoric acid groups is 1. The van der Waals surface area contributed by atoms with Crippen LogP contribution in [0.5, 0.6) is 0 Å². The van der Waals surface area contributed by atoms with Crippen LogP contribution in [0.3, 0.4) is 0 Å². The molecule has 12 nitrogen and oxygen atoms in total. The minimum atomic E-state index is -5.03. The van der Waals surface area contributed by atoms with Crippen molar-refractivity contribution in [1.82, 2.24) is 5.32 Å². The van der Waals surface area contributed by atoms with Gasteiger partial charge in [-0.05, 0) is 12.8 Å². The highest BCUT2D eigenvalue weighted by atomic mass is 31.2. The lowest BCUT2D eigenvalue weighted by molar-refractivity contribution is -0.220. The van der Waals surface area contributed by atoms with Crippen molar-refractivity contribution in [2.45, 2.75) is 217 Å². The first kappa shape index (κ1) is 46.4. The highest BCUT2D eigenvalue weighted by Gasteiger charge is 2.51. The molecule has 0 spiro atoms. The van der Waals surface area contributed by atoms with Crippen molar-refractivity contribution in [2.24, 2.45) is 0 Å². The third-order valence-electron chi connectivity index (χ3n) is 9.67. The van der Waals surface area contributed by atoms with E-state index in [1.54, 1.807) is 0 Å². The zero-order chi connectivity index (χ0) is 36.5. The maximum Gasteiger partial charge on any atom is 0.472 e. The molecule has 0 aliphatic heterocycles. The molecular formula is C36H72NO11P. The lowest BCUT2D eigenvalue weighted by Gasteiger charge is -2.41. The fourth-order valence-electron chi connectivity index (χ4n) is 6.38. The standard InChI is InChI=1S/C36H72NO11P/c1-3-5-7-9-11-12-13-14-15-16-17-18-20-21-23-25-29(38)28(37-30(39)26-24-22-19-10-8-6-4-2)27-47-49(45,46)48-36-34(43)32(41)31(40)33(42)35(36)44/h28-29,31-36,38,40-44H,3-27H2,1-2H3,(H,37,39)(H,45,46)/t28-,29+,31?,32+,33?,34?,35?,36?/m0/s1. The Bertz CT molecular complexity index is 853. The van der Waals surface area contributed by atoms with E-state index in [-0.39, 0.29) is 12.3 Å². The van der Waals surface area contributed by atoms with Crippen LogP contribution in [0.4, 0.5) is 0 Å². The van der Waals surface area contributed by atoms with Gasteiger partial charge in [-0.1, -0.05) is 149 Å². The smallest absolute Gasteiger partial charge is 0.391 e. The number of rotatable bonds is 31. The number of unbranched alkanes of at least 4 members (excludes halogenated alkanes) is 20. The predicted octanol–water partition coefficient (Wildman–Crippen LogP) is 5.55. The summed E-state index contributed by atoms with van der Waals surface area (Å²) in [6.07, 6.45) is 13.2. The van der Waals surface area contributed by atoms with E-state index in [9.17, 15) is 44.9 Å². The van der Waals surface area contributed by atoms with Crippen molar-refractivity contribution in [3.05, 3.63) is 0 Å². The Hall–Kier alpha value is -0.660. The second-order valence-corrected chi connectivity index (χ2v) is 15.5. The lowest BCUT2D eigenvalue weighted by Crippen LogP contribution is -2.64. The zero-order valence-corrected chi connectivity index (χ0v) is 31.4. The van der Waals surface area contributed by atoms with Crippen LogP contribution in [0.1, 0.15) is 168 Å². The third-order valence-corrected chi connectivity index (χ3v) is 10.7. The second kappa shape index (κ2) is 27.9. The average Bonchev–Trinajstić information content (AvgIpc) is 3.08. The molecule has 8 N–H and O–H groups in total. The minimum Gasteiger partial charge on any atom is -0.391 e. The summed E-state index contributed by atoms with van der Waals surface area (Å²) in [5, 5.41) is 63.7. The van der Waals surface area contributed by atoms with E-state index in [1.165, 1.54) is 83.5 Å². The van der Waals surface area contributed by atoms with Crippen LogP contribution in [0, 0.1) is 0 Å². The lowest BCUT2D eigenvalue weighted by atomic mass is 9.85. The highest BCUT2D eigenvalue weighted by molar-refractivity contribution is 7.47. The van der Waals surface area contributed by atoms with Crippen molar-refractivity contribution in [2.75, 3.05) is 6.61 Å². The van der Waals surface area contributed by atoms with Crippen LogP contribution in [0.25, 0.3) is 0 Å². The molecule has 6 unspecified atom stereocenters. The summed E-state index contributed by atoms with van der Waals surface area (Å²) >= 11 is 0. The van der Waals surface area contributed by atoms with Crippen LogP contribution in [0.15, 0.2) is 0 Å². The van der Waals surface area contributed by atoms with Gasteiger partial charge in [0.2, 0.25) is 5.91 Å². The van der Waals surface area contributed by atoms with Crippen molar-refractivity contribution >= 4 is 13.7 Å². The molecule has 1 rings (SSSR count). The summed E-state index contributed by atoms with van der Waals surface area (Å²) in [6.45, 7) is 3.80. The molecule has 1 fully saturated rings. The van der Waals surface area contributed by atoms with E-state index in [1.807, 2.05) is 0 Å². The largest absolute Gasteiger partial charge is 0.472 e. The van der Waals surface area contributed by atoms with Gasteiger partial charge in [-0.3, -0.25) is 13.8 Å². The molecule has 1 aliphatic rings. The average molecular weight is 726 g/mol. The number of phosphoric ester groups is 1. The first-order chi connectivity index (χ1) is 23.4. The van der Waals surface area contributed by atoms with E-state index < -0.39 is 63.2 Å². The molecule has 9 atom stereocenters. The molecule has 0 heterocycles. The summed E-state index contributed by atoms with van der Waals surface area (Å²) < 4.78 is 22.8. The highest BCUT2D eigenvalue weighted by Crippen LogP contribution is 2.47. The maximum atomic E-state index is 12.8. The predicted molar refractivity (Wildman–Crippen MR) is 191 cm³/mol. The molecule has 0 radical (unpaired) electrons. The Kier molecular flexibility index (Phi) is 26.4. The Morgan fingerprint density at radius 1 is 0.612 bits per heavy atom. The molecule has 1 saturated carbocycles. The summed E-state index contributed by atoms with van der Waals surface area (Å²) in [7, 11) is -5.03. The Morgan fingerprint density at radius 2 is 0.980 bits per heavy atom. The molecule has 0 saturated heterocycles. The molecule has 49 heavy (non-hydrogen) atoms. The van der Waals surface area contributed by atoms with Gasteiger partial charge in [0.1, 0.15) is 36.6 Å². The van der Waals surface area contributed by atoms with Gasteiger partial charge in [-0.25, -0.2) is 4.57 Å². The first-order valence-corrected chi connectivity index (χ1v) is 21.0. The van der Waals surface area contributed by atoms with Crippen molar-refractivity contribution in [1.29, 1.82) is 0 Å². The van der Waals surface area contributed by atoms with Gasteiger partial charge in [0, 0.05) is 6.42 Å². The van der Waals surface area contributed by atoms with E-state index >= 15 is 0 Å². The van der Waals surface area contributed by atoms with Gasteiger partial charge in [-0.2, -0.15) is 0 Å². The van der Waals surface area contributed by atoms with Crippen LogP contribution in [-0.4, -0.2) is 96.8 Å². The van der Waals surface area contributed by atoms with Crippen molar-refractivity contribution in [3.63, 3.8) is 0 Å². The fraction of sp³-hybridized carbons (Fsp3) is 0.972. The van der Waals surface area contributed by atoms with Gasteiger partial charge in [0.05, 0.1) is 18.8 Å². The Balaban J connectivity index is 2.52. The summed E-state index contributed by atoms with van der Waals surface area (Å²) in [5.41, 5.74) is 0. The van der Waals surface area contributed by atoms with Crippen LogP contribution >= 0.6 is 7.82 Å². The molecule has 0 aromatic heterocycles. The van der Waals surface area contributed by atoms with Gasteiger partial charge in [0.15, 0.2) is 0 Å². The number of nitrogens with one attached hydrogen (secondary N) is 1. The zero-order valence-electron chi connectivity index (χ0n) is 30.5. The Labute approximate surface area is 296 Å². The van der Waals surface area contributed by atoms with Crippen molar-refractivity contribution < 1.29 is 53.9 Å². The molecule has 0 bridgehead atoms. The molecule has 13 heteroatoms. The second-order valence-electron chi connectivity index (χ2n) is 14.1. The van der Waals surface area contributed by atoms with E-state index in [2.05, 4.69) is 19.2 Å². The molecule has 1 aliphatic carbocycles. The number of amides is 1. The molecule has 0 aromatic carbocycles. The number of aliphatic hydroxyl groups is 6. The topological polar surface area (TPSA) is 206 Å². The van der Waals surface area contributed by atoms with Gasteiger partial charge < -0.3 is 40.8 Å².